The van der Waals surface area contributed by atoms with Gasteiger partial charge in [-0.25, -0.2) is 4.98 Å². The second-order valence-corrected chi connectivity index (χ2v) is 6.39. The summed E-state index contributed by atoms with van der Waals surface area (Å²) in [5, 5.41) is 5.64. The predicted octanol–water partition coefficient (Wildman–Crippen LogP) is 2.02. The third-order valence-corrected chi connectivity index (χ3v) is 4.36. The Balaban J connectivity index is 0.00000392. The van der Waals surface area contributed by atoms with Crippen LogP contribution in [0.15, 0.2) is 23.3 Å². The monoisotopic (exact) mass is 514 g/mol. The maximum atomic E-state index is 12.3. The highest BCUT2D eigenvalue weighted by molar-refractivity contribution is 14.0. The topological polar surface area (TPSA) is 95.6 Å². The molecule has 0 saturated carbocycles. The number of amides is 1. The molecular weight excluding hydrogens is 488 g/mol. The fourth-order valence-electron chi connectivity index (χ4n) is 2.98. The number of pyridine rings is 1. The summed E-state index contributed by atoms with van der Waals surface area (Å²) >= 11 is 0. The number of halogens is 4. The van der Waals surface area contributed by atoms with Gasteiger partial charge in [0.25, 0.3) is 0 Å². The van der Waals surface area contributed by atoms with Crippen LogP contribution in [0.5, 0.6) is 0 Å². The number of piperidine rings is 1. The first kappa shape index (κ1) is 24.2. The molecule has 11 heteroatoms. The van der Waals surface area contributed by atoms with Crippen molar-refractivity contribution in [3.05, 3.63) is 23.9 Å². The number of nitrogens with two attached hydrogens (primary N) is 1. The van der Waals surface area contributed by atoms with Crippen molar-refractivity contribution in [1.82, 2.24) is 15.6 Å². The molecule has 0 bridgehead atoms. The highest BCUT2D eigenvalue weighted by Crippen LogP contribution is 2.24. The first-order chi connectivity index (χ1) is 12.8. The van der Waals surface area contributed by atoms with Gasteiger partial charge in [0, 0.05) is 45.0 Å². The van der Waals surface area contributed by atoms with Gasteiger partial charge in [-0.1, -0.05) is 6.07 Å². The molecule has 0 spiro atoms. The van der Waals surface area contributed by atoms with Crippen LogP contribution in [0.3, 0.4) is 0 Å². The highest BCUT2D eigenvalue weighted by Gasteiger charge is 2.27. The summed E-state index contributed by atoms with van der Waals surface area (Å²) in [6.45, 7) is 1.37. The molecule has 1 aliphatic rings. The zero-order chi connectivity index (χ0) is 19.9. The lowest BCUT2D eigenvalue weighted by Gasteiger charge is -2.33. The van der Waals surface area contributed by atoms with Crippen LogP contribution >= 0.6 is 24.0 Å². The Bertz CT molecular complexity index is 671. The fraction of sp³-hybridized carbons (Fsp3) is 0.588. The van der Waals surface area contributed by atoms with Gasteiger partial charge in [-0.05, 0) is 18.9 Å². The van der Waals surface area contributed by atoms with E-state index in [1.54, 1.807) is 12.3 Å². The van der Waals surface area contributed by atoms with Gasteiger partial charge in [0.1, 0.15) is 5.82 Å². The molecule has 2 heterocycles. The lowest BCUT2D eigenvalue weighted by atomic mass is 9.97. The number of guanidine groups is 1. The number of rotatable bonds is 6. The van der Waals surface area contributed by atoms with Gasteiger partial charge in [-0.2, -0.15) is 13.2 Å². The minimum atomic E-state index is -4.21. The Kier molecular flexibility index (Phi) is 9.76. The summed E-state index contributed by atoms with van der Waals surface area (Å²) in [4.78, 5) is 21.9. The lowest BCUT2D eigenvalue weighted by molar-refractivity contribution is -0.132. The molecule has 28 heavy (non-hydrogen) atoms. The van der Waals surface area contributed by atoms with Crippen LogP contribution in [-0.4, -0.2) is 49.7 Å². The Hall–Kier alpha value is -1.79. The van der Waals surface area contributed by atoms with Crippen LogP contribution in [0.25, 0.3) is 0 Å². The van der Waals surface area contributed by atoms with Crippen LogP contribution in [0.2, 0.25) is 0 Å². The molecule has 1 atom stereocenters. The number of alkyl halides is 3. The number of hydrogen-bond acceptors (Lipinski definition) is 4. The SMILES string of the molecule is CN=C(NCCC(F)(F)F)NCc1cccnc1N1CCCC(C(N)=O)C1.I. The van der Waals surface area contributed by atoms with E-state index in [1.165, 1.54) is 7.05 Å². The van der Waals surface area contributed by atoms with E-state index in [9.17, 15) is 18.0 Å². The molecule has 1 saturated heterocycles. The number of aromatic nitrogens is 1. The van der Waals surface area contributed by atoms with Crippen molar-refractivity contribution in [1.29, 1.82) is 0 Å². The molecule has 1 aromatic heterocycles. The van der Waals surface area contributed by atoms with Crippen molar-refractivity contribution in [2.45, 2.75) is 32.0 Å². The van der Waals surface area contributed by atoms with Crippen molar-refractivity contribution < 1.29 is 18.0 Å². The van der Waals surface area contributed by atoms with Crippen LogP contribution < -0.4 is 21.3 Å². The number of nitrogens with one attached hydrogen (secondary N) is 2. The van der Waals surface area contributed by atoms with Crippen molar-refractivity contribution in [2.24, 2.45) is 16.6 Å². The van der Waals surface area contributed by atoms with E-state index in [-0.39, 0.29) is 48.3 Å². The summed E-state index contributed by atoms with van der Waals surface area (Å²) in [5.74, 6) is 0.493. The van der Waals surface area contributed by atoms with Gasteiger partial charge < -0.3 is 21.3 Å². The summed E-state index contributed by atoms with van der Waals surface area (Å²) in [5.41, 5.74) is 6.30. The van der Waals surface area contributed by atoms with E-state index in [0.29, 0.717) is 13.1 Å². The molecule has 1 fully saturated rings. The maximum absolute atomic E-state index is 12.3. The summed E-state index contributed by atoms with van der Waals surface area (Å²) < 4.78 is 36.8. The average molecular weight is 514 g/mol. The van der Waals surface area contributed by atoms with Crippen LogP contribution in [0.4, 0.5) is 19.0 Å². The standard InChI is InChI=1S/C17H25F3N6O.HI/c1-22-16(24-8-6-17(18,19)20)25-10-12-4-2-7-23-15(12)26-9-3-5-13(11-26)14(21)27;/h2,4,7,13H,3,5-6,8-11H2,1H3,(H2,21,27)(H2,22,24,25);1H. The van der Waals surface area contributed by atoms with E-state index >= 15 is 0 Å². The van der Waals surface area contributed by atoms with Crippen molar-refractivity contribution in [3.63, 3.8) is 0 Å². The minimum Gasteiger partial charge on any atom is -0.369 e. The van der Waals surface area contributed by atoms with Gasteiger partial charge in [0.05, 0.1) is 12.3 Å². The van der Waals surface area contributed by atoms with Crippen molar-refractivity contribution in [2.75, 3.05) is 31.6 Å². The van der Waals surface area contributed by atoms with E-state index in [2.05, 4.69) is 20.6 Å². The van der Waals surface area contributed by atoms with Crippen LogP contribution in [0.1, 0.15) is 24.8 Å². The molecule has 7 nitrogen and oxygen atoms in total. The molecule has 1 amide bonds. The molecule has 0 aliphatic carbocycles. The average Bonchev–Trinajstić information content (AvgIpc) is 2.64. The van der Waals surface area contributed by atoms with E-state index < -0.39 is 12.6 Å². The molecule has 0 aromatic carbocycles. The smallest absolute Gasteiger partial charge is 0.369 e. The van der Waals surface area contributed by atoms with Gasteiger partial charge in [-0.15, -0.1) is 24.0 Å². The fourth-order valence-corrected chi connectivity index (χ4v) is 2.98. The summed E-state index contributed by atoms with van der Waals surface area (Å²) in [6, 6.07) is 3.67. The highest BCUT2D eigenvalue weighted by atomic mass is 127. The van der Waals surface area contributed by atoms with Gasteiger partial charge >= 0.3 is 6.18 Å². The Morgan fingerprint density at radius 2 is 2.18 bits per heavy atom. The second kappa shape index (κ2) is 11.3. The Morgan fingerprint density at radius 3 is 2.82 bits per heavy atom. The Morgan fingerprint density at radius 1 is 1.43 bits per heavy atom. The third-order valence-electron chi connectivity index (χ3n) is 4.36. The first-order valence-electron chi connectivity index (χ1n) is 8.79. The molecule has 158 valence electrons. The zero-order valence-corrected chi connectivity index (χ0v) is 18.0. The Labute approximate surface area is 179 Å². The van der Waals surface area contributed by atoms with Gasteiger partial charge in [0.2, 0.25) is 5.91 Å². The maximum Gasteiger partial charge on any atom is 0.390 e. The molecular formula is C17H26F3IN6O. The number of primary amides is 1. The molecule has 1 aromatic rings. The number of carbonyl (C=O) groups is 1. The predicted molar refractivity (Wildman–Crippen MR) is 113 cm³/mol. The number of nitrogens with zero attached hydrogens (tertiary/aromatic N) is 3. The first-order valence-corrected chi connectivity index (χ1v) is 8.79. The van der Waals surface area contributed by atoms with E-state index in [1.807, 2.05) is 11.0 Å². The minimum absolute atomic E-state index is 0. The molecule has 2 rings (SSSR count). The van der Waals surface area contributed by atoms with Gasteiger partial charge in [0.15, 0.2) is 5.96 Å². The quantitative estimate of drug-likeness (QED) is 0.307. The van der Waals surface area contributed by atoms with Gasteiger partial charge in [-0.3, -0.25) is 9.79 Å². The van der Waals surface area contributed by atoms with Crippen molar-refractivity contribution >= 4 is 41.7 Å². The number of carbonyl (C=O) groups excluding carboxylic acids is 1. The number of hydrogen-bond donors (Lipinski definition) is 3. The molecule has 4 N–H and O–H groups in total. The largest absolute Gasteiger partial charge is 0.390 e. The number of aliphatic imine (C=N–C) groups is 1. The molecule has 1 unspecified atom stereocenters. The van der Waals surface area contributed by atoms with Crippen LogP contribution in [0, 0.1) is 5.92 Å². The zero-order valence-electron chi connectivity index (χ0n) is 15.6. The van der Waals surface area contributed by atoms with E-state index in [4.69, 9.17) is 5.73 Å². The van der Waals surface area contributed by atoms with Crippen molar-refractivity contribution in [3.8, 4) is 0 Å². The third kappa shape index (κ3) is 7.68. The summed E-state index contributed by atoms with van der Waals surface area (Å²) in [6.07, 6.45) is -1.87. The van der Waals surface area contributed by atoms with E-state index in [0.717, 1.165) is 30.8 Å². The number of anilines is 1. The second-order valence-electron chi connectivity index (χ2n) is 6.39. The molecule has 1 aliphatic heterocycles. The lowest BCUT2D eigenvalue weighted by Crippen LogP contribution is -2.42. The molecule has 0 radical (unpaired) electrons. The van der Waals surface area contributed by atoms with Crippen LogP contribution in [-0.2, 0) is 11.3 Å². The summed E-state index contributed by atoms with van der Waals surface area (Å²) in [7, 11) is 1.50. The normalized spacial score (nSPS) is 17.6.